The predicted octanol–water partition coefficient (Wildman–Crippen LogP) is 3.90. The number of hydrogen-bond acceptors (Lipinski definition) is 2. The molecule has 0 spiro atoms. The van der Waals surface area contributed by atoms with Crippen LogP contribution in [-0.4, -0.2) is 6.08 Å². The first-order chi connectivity index (χ1) is 6.37. The first-order valence-electron chi connectivity index (χ1n) is 5.41. The van der Waals surface area contributed by atoms with Crippen molar-refractivity contribution in [2.75, 3.05) is 0 Å². The van der Waals surface area contributed by atoms with E-state index in [2.05, 4.69) is 27.7 Å². The van der Waals surface area contributed by atoms with Gasteiger partial charge in [0.15, 0.2) is 0 Å². The highest BCUT2D eigenvalue weighted by Gasteiger charge is 2.37. The highest BCUT2D eigenvalue weighted by atomic mass is 16.1. The van der Waals surface area contributed by atoms with E-state index in [0.717, 1.165) is 6.08 Å². The molecule has 2 heteroatoms. The van der Waals surface area contributed by atoms with Crippen LogP contribution in [0.4, 0.5) is 0 Å². The van der Waals surface area contributed by atoms with Crippen LogP contribution >= 0.6 is 0 Å². The first kappa shape index (κ1) is 13.4. The zero-order valence-electron chi connectivity index (χ0n) is 9.94. The van der Waals surface area contributed by atoms with Crippen molar-refractivity contribution in [1.82, 2.24) is 0 Å². The number of carbonyl (C=O) groups excluding carboxylic acids is 1. The van der Waals surface area contributed by atoms with Gasteiger partial charge in [-0.05, 0) is 23.7 Å². The average molecular weight is 197 g/mol. The molecule has 0 bridgehead atoms. The Morgan fingerprint density at radius 3 is 1.71 bits per heavy atom. The van der Waals surface area contributed by atoms with Gasteiger partial charge in [0.05, 0.1) is 0 Å². The molecule has 1 aliphatic rings. The molecule has 0 unspecified atom stereocenters. The molecule has 1 saturated carbocycles. The van der Waals surface area contributed by atoms with E-state index in [0.29, 0.717) is 10.8 Å². The molecule has 1 rings (SSSR count). The summed E-state index contributed by atoms with van der Waals surface area (Å²) >= 11 is 0. The lowest BCUT2D eigenvalue weighted by Crippen LogP contribution is -2.34. The van der Waals surface area contributed by atoms with Crippen LogP contribution in [0.3, 0.4) is 0 Å². The third-order valence-corrected chi connectivity index (χ3v) is 3.77. The zero-order chi connectivity index (χ0) is 11.2. The van der Waals surface area contributed by atoms with Gasteiger partial charge in [-0.3, -0.25) is 0 Å². The van der Waals surface area contributed by atoms with Crippen molar-refractivity contribution in [2.24, 2.45) is 10.8 Å². The van der Waals surface area contributed by atoms with Crippen LogP contribution in [0.5, 0.6) is 0 Å². The van der Waals surface area contributed by atoms with E-state index in [1.54, 1.807) is 0 Å². The minimum Gasteiger partial charge on any atom is -0.222 e. The average Bonchev–Trinajstić information content (AvgIpc) is 2.05. The largest absolute Gasteiger partial charge is 0.231 e. The van der Waals surface area contributed by atoms with Crippen molar-refractivity contribution >= 4 is 6.08 Å². The number of hydrogen-bond donors (Lipinski definition) is 1. The molecule has 0 atom stereocenters. The minimum atomic E-state index is 0.507. The van der Waals surface area contributed by atoms with Gasteiger partial charge >= 0.3 is 0 Å². The maximum Gasteiger partial charge on any atom is 0.231 e. The van der Waals surface area contributed by atoms with Crippen LogP contribution in [0.25, 0.3) is 0 Å². The smallest absolute Gasteiger partial charge is 0.222 e. The maximum atomic E-state index is 8.35. The Labute approximate surface area is 87.6 Å². The second kappa shape index (κ2) is 5.31. The van der Waals surface area contributed by atoms with Crippen molar-refractivity contribution < 1.29 is 4.79 Å². The summed E-state index contributed by atoms with van der Waals surface area (Å²) in [5.41, 5.74) is 1.12. The molecule has 2 nitrogen and oxygen atoms in total. The quantitative estimate of drug-likeness (QED) is 0.464. The molecule has 0 amide bonds. The van der Waals surface area contributed by atoms with E-state index >= 15 is 0 Å². The summed E-state index contributed by atoms with van der Waals surface area (Å²) in [6.07, 6.45) is 8.00. The molecule has 1 fully saturated rings. The fourth-order valence-electron chi connectivity index (χ4n) is 2.08. The lowest BCUT2D eigenvalue weighted by molar-refractivity contribution is 0.0601. The fraction of sp³-hybridized carbons (Fsp3) is 0.917. The van der Waals surface area contributed by atoms with Crippen LogP contribution in [-0.2, 0) is 4.79 Å². The van der Waals surface area contributed by atoms with Gasteiger partial charge in [0.1, 0.15) is 0 Å². The molecular weight excluding hydrogens is 174 g/mol. The van der Waals surface area contributed by atoms with Crippen LogP contribution < -0.4 is 0 Å². The first-order valence-corrected chi connectivity index (χ1v) is 5.41. The van der Waals surface area contributed by atoms with Crippen molar-refractivity contribution in [2.45, 2.75) is 59.8 Å². The molecule has 1 N–H and O–H groups in total. The van der Waals surface area contributed by atoms with Crippen molar-refractivity contribution in [1.29, 1.82) is 5.41 Å². The SMILES string of the molecule is CC(C)(C)C1(C)CCCCC1.N=C=O. The summed E-state index contributed by atoms with van der Waals surface area (Å²) in [5, 5.41) is 5.40. The molecule has 0 radical (unpaired) electrons. The van der Waals surface area contributed by atoms with Crippen LogP contribution in [0, 0.1) is 16.2 Å². The molecule has 0 saturated heterocycles. The van der Waals surface area contributed by atoms with Gasteiger partial charge in [0.2, 0.25) is 6.08 Å². The van der Waals surface area contributed by atoms with Crippen molar-refractivity contribution in [3.8, 4) is 0 Å². The van der Waals surface area contributed by atoms with Gasteiger partial charge < -0.3 is 0 Å². The van der Waals surface area contributed by atoms with E-state index in [4.69, 9.17) is 10.2 Å². The van der Waals surface area contributed by atoms with Crippen LogP contribution in [0.1, 0.15) is 59.8 Å². The normalized spacial score (nSPS) is 20.3. The van der Waals surface area contributed by atoms with Gasteiger partial charge in [-0.1, -0.05) is 47.0 Å². The molecule has 0 aromatic heterocycles. The third-order valence-electron chi connectivity index (χ3n) is 3.77. The Morgan fingerprint density at radius 1 is 1.14 bits per heavy atom. The third kappa shape index (κ3) is 3.63. The Bertz CT molecular complexity index is 191. The van der Waals surface area contributed by atoms with E-state index < -0.39 is 0 Å². The monoisotopic (exact) mass is 197 g/mol. The fourth-order valence-corrected chi connectivity index (χ4v) is 2.08. The Balaban J connectivity index is 0.000000500. The Hall–Kier alpha value is -0.620. The minimum absolute atomic E-state index is 0.507. The standard InChI is InChI=1S/C11H22.CHNO/c1-10(2,3)11(4)8-6-5-7-9-11;2-1-3/h5-9H2,1-4H3;2H. The summed E-state index contributed by atoms with van der Waals surface area (Å²) in [6.45, 7) is 9.63. The van der Waals surface area contributed by atoms with Crippen molar-refractivity contribution in [3.63, 3.8) is 0 Å². The second-order valence-electron chi connectivity index (χ2n) is 5.47. The van der Waals surface area contributed by atoms with Gasteiger partial charge in [-0.15, -0.1) is 0 Å². The lowest BCUT2D eigenvalue weighted by Gasteiger charge is -2.45. The number of nitrogens with one attached hydrogen (secondary N) is 1. The summed E-state index contributed by atoms with van der Waals surface area (Å²) < 4.78 is 0. The van der Waals surface area contributed by atoms with Crippen LogP contribution in [0.15, 0.2) is 0 Å². The molecule has 14 heavy (non-hydrogen) atoms. The highest BCUT2D eigenvalue weighted by molar-refractivity contribution is 5.26. The topological polar surface area (TPSA) is 40.9 Å². The predicted molar refractivity (Wildman–Crippen MR) is 59.1 cm³/mol. The summed E-state index contributed by atoms with van der Waals surface area (Å²) in [7, 11) is 0. The number of rotatable bonds is 0. The summed E-state index contributed by atoms with van der Waals surface area (Å²) in [4.78, 5) is 8.35. The second-order valence-corrected chi connectivity index (χ2v) is 5.47. The van der Waals surface area contributed by atoms with Gasteiger partial charge in [-0.2, -0.15) is 0 Å². The molecule has 1 aliphatic carbocycles. The summed E-state index contributed by atoms with van der Waals surface area (Å²) in [6, 6.07) is 0. The molecule has 0 aromatic rings. The maximum absolute atomic E-state index is 8.35. The van der Waals surface area contributed by atoms with E-state index in [-0.39, 0.29) is 0 Å². The Kier molecular flexibility index (Phi) is 5.07. The Morgan fingerprint density at radius 2 is 1.50 bits per heavy atom. The van der Waals surface area contributed by atoms with Gasteiger partial charge in [0, 0.05) is 0 Å². The molecule has 82 valence electrons. The lowest BCUT2D eigenvalue weighted by atomic mass is 9.61. The zero-order valence-corrected chi connectivity index (χ0v) is 9.94. The van der Waals surface area contributed by atoms with E-state index in [9.17, 15) is 0 Å². The molecule has 0 aromatic carbocycles. The van der Waals surface area contributed by atoms with Crippen LogP contribution in [0.2, 0.25) is 0 Å². The number of isocyanates is 1. The summed E-state index contributed by atoms with van der Waals surface area (Å²) in [5.74, 6) is 0. The van der Waals surface area contributed by atoms with Gasteiger partial charge in [-0.25, -0.2) is 10.2 Å². The molecule has 0 heterocycles. The molecule has 0 aliphatic heterocycles. The molecular formula is C12H23NO. The van der Waals surface area contributed by atoms with Gasteiger partial charge in [0.25, 0.3) is 0 Å². The van der Waals surface area contributed by atoms with E-state index in [1.165, 1.54) is 32.1 Å². The van der Waals surface area contributed by atoms with Crippen molar-refractivity contribution in [3.05, 3.63) is 0 Å². The highest BCUT2D eigenvalue weighted by Crippen LogP contribution is 2.48. The van der Waals surface area contributed by atoms with E-state index in [1.807, 2.05) is 0 Å².